The predicted octanol–water partition coefficient (Wildman–Crippen LogP) is 1.39. The summed E-state index contributed by atoms with van der Waals surface area (Å²) in [5, 5.41) is 9.57. The van der Waals surface area contributed by atoms with Gasteiger partial charge < -0.3 is 5.11 Å². The van der Waals surface area contributed by atoms with Gasteiger partial charge in [-0.1, -0.05) is 30.3 Å². The van der Waals surface area contributed by atoms with Crippen molar-refractivity contribution in [2.75, 3.05) is 13.6 Å². The molecule has 0 spiro atoms. The van der Waals surface area contributed by atoms with Crippen LogP contribution in [0.15, 0.2) is 35.7 Å². The molecule has 18 heavy (non-hydrogen) atoms. The Hall–Kier alpha value is -1.66. The zero-order chi connectivity index (χ0) is 13.6. The molecular weight excluding hydrogens is 254 g/mol. The van der Waals surface area contributed by atoms with Gasteiger partial charge in [-0.15, -0.1) is 0 Å². The molecule has 0 aromatic heterocycles. The van der Waals surface area contributed by atoms with Crippen molar-refractivity contribution in [3.05, 3.63) is 41.3 Å². The highest BCUT2D eigenvalue weighted by Gasteiger charge is 2.14. The Labute approximate surface area is 106 Å². The summed E-state index contributed by atoms with van der Waals surface area (Å²) in [6, 6.07) is 9.01. The fourth-order valence-electron chi connectivity index (χ4n) is 1.21. The van der Waals surface area contributed by atoms with Gasteiger partial charge in [-0.2, -0.15) is 0 Å². The minimum Gasteiger partial charge on any atom is -0.481 e. The Morgan fingerprint density at radius 2 is 1.94 bits per heavy atom. The van der Waals surface area contributed by atoms with E-state index in [4.69, 9.17) is 5.11 Å². The van der Waals surface area contributed by atoms with Crippen molar-refractivity contribution in [1.29, 1.82) is 0 Å². The Bertz CT molecular complexity index is 522. The molecular formula is C12H15NO4S. The summed E-state index contributed by atoms with van der Waals surface area (Å²) in [6.07, 6.45) is 1.27. The zero-order valence-corrected chi connectivity index (χ0v) is 10.8. The molecule has 1 rings (SSSR count). The van der Waals surface area contributed by atoms with Crippen LogP contribution < -0.4 is 0 Å². The highest BCUT2D eigenvalue weighted by atomic mass is 32.2. The molecule has 0 aliphatic heterocycles. The van der Waals surface area contributed by atoms with E-state index in [2.05, 4.69) is 0 Å². The Balaban J connectivity index is 2.70. The van der Waals surface area contributed by atoms with Gasteiger partial charge in [0.05, 0.1) is 6.42 Å². The first-order valence-electron chi connectivity index (χ1n) is 5.33. The standard InChI is InChI=1S/C12H15NO4S/c1-13(9-7-12(14)15)18(16,17)10-8-11-5-3-2-4-6-11/h2-6,8,10H,7,9H2,1H3,(H,14,15). The van der Waals surface area contributed by atoms with Crippen LogP contribution in [-0.2, 0) is 14.8 Å². The molecule has 1 aromatic rings. The second-order valence-corrected chi connectivity index (χ2v) is 5.65. The number of sulfonamides is 1. The van der Waals surface area contributed by atoms with E-state index in [0.717, 1.165) is 15.3 Å². The molecule has 0 aliphatic carbocycles. The van der Waals surface area contributed by atoms with Crippen molar-refractivity contribution in [2.24, 2.45) is 0 Å². The zero-order valence-electron chi connectivity index (χ0n) is 9.98. The fraction of sp³-hybridized carbons (Fsp3) is 0.250. The van der Waals surface area contributed by atoms with E-state index in [-0.39, 0.29) is 13.0 Å². The highest BCUT2D eigenvalue weighted by Crippen LogP contribution is 2.06. The summed E-state index contributed by atoms with van der Waals surface area (Å²) in [5.74, 6) is -1.02. The number of carboxylic acids is 1. The number of carboxylic acid groups (broad SMARTS) is 1. The Kier molecular flexibility index (Phi) is 5.06. The molecule has 0 radical (unpaired) electrons. The number of rotatable bonds is 6. The molecule has 0 heterocycles. The molecule has 0 bridgehead atoms. The lowest BCUT2D eigenvalue weighted by Gasteiger charge is -2.12. The SMILES string of the molecule is CN(CCC(=O)O)S(=O)(=O)C=Cc1ccccc1. The van der Waals surface area contributed by atoms with Crippen LogP contribution >= 0.6 is 0 Å². The second-order valence-electron chi connectivity index (χ2n) is 3.72. The molecule has 1 aromatic carbocycles. The number of benzene rings is 1. The summed E-state index contributed by atoms with van der Waals surface area (Å²) in [4.78, 5) is 10.4. The highest BCUT2D eigenvalue weighted by molar-refractivity contribution is 7.92. The van der Waals surface area contributed by atoms with Crippen molar-refractivity contribution in [3.63, 3.8) is 0 Å². The first-order valence-corrected chi connectivity index (χ1v) is 6.83. The summed E-state index contributed by atoms with van der Waals surface area (Å²) in [7, 11) is -2.21. The largest absolute Gasteiger partial charge is 0.481 e. The number of nitrogens with zero attached hydrogens (tertiary/aromatic N) is 1. The number of hydrogen-bond acceptors (Lipinski definition) is 3. The van der Waals surface area contributed by atoms with Crippen molar-refractivity contribution < 1.29 is 18.3 Å². The van der Waals surface area contributed by atoms with Gasteiger partial charge in [0.25, 0.3) is 0 Å². The topological polar surface area (TPSA) is 74.7 Å². The van der Waals surface area contributed by atoms with E-state index in [1.54, 1.807) is 24.3 Å². The van der Waals surface area contributed by atoms with E-state index in [1.807, 2.05) is 6.07 Å². The van der Waals surface area contributed by atoms with Gasteiger partial charge in [0.15, 0.2) is 0 Å². The van der Waals surface area contributed by atoms with Gasteiger partial charge in [-0.3, -0.25) is 4.79 Å². The van der Waals surface area contributed by atoms with E-state index in [9.17, 15) is 13.2 Å². The molecule has 0 unspecified atom stereocenters. The molecule has 0 amide bonds. The fourth-order valence-corrected chi connectivity index (χ4v) is 2.10. The maximum absolute atomic E-state index is 11.8. The molecule has 1 N–H and O–H groups in total. The number of hydrogen-bond donors (Lipinski definition) is 1. The van der Waals surface area contributed by atoms with Gasteiger partial charge in [0.2, 0.25) is 10.0 Å². The average molecular weight is 269 g/mol. The normalized spacial score (nSPS) is 12.1. The predicted molar refractivity (Wildman–Crippen MR) is 69.3 cm³/mol. The molecule has 6 heteroatoms. The average Bonchev–Trinajstić information content (AvgIpc) is 2.34. The third kappa shape index (κ3) is 4.68. The maximum atomic E-state index is 11.8. The van der Waals surface area contributed by atoms with Crippen LogP contribution in [0.5, 0.6) is 0 Å². The smallest absolute Gasteiger partial charge is 0.304 e. The van der Waals surface area contributed by atoms with Gasteiger partial charge in [0, 0.05) is 19.0 Å². The van der Waals surface area contributed by atoms with E-state index in [1.165, 1.54) is 13.1 Å². The lowest BCUT2D eigenvalue weighted by molar-refractivity contribution is -0.137. The third-order valence-corrected chi connectivity index (χ3v) is 3.84. The van der Waals surface area contributed by atoms with Crippen molar-refractivity contribution >= 4 is 22.1 Å². The van der Waals surface area contributed by atoms with Gasteiger partial charge in [-0.05, 0) is 11.6 Å². The van der Waals surface area contributed by atoms with Crippen LogP contribution in [0, 0.1) is 0 Å². The molecule has 0 aliphatic rings. The Morgan fingerprint density at radius 1 is 1.33 bits per heavy atom. The van der Waals surface area contributed by atoms with Crippen LogP contribution in [0.3, 0.4) is 0 Å². The van der Waals surface area contributed by atoms with E-state index >= 15 is 0 Å². The van der Waals surface area contributed by atoms with E-state index in [0.29, 0.717) is 0 Å². The van der Waals surface area contributed by atoms with Crippen LogP contribution in [0.1, 0.15) is 12.0 Å². The van der Waals surface area contributed by atoms with Gasteiger partial charge in [0.1, 0.15) is 0 Å². The molecule has 0 fully saturated rings. The monoisotopic (exact) mass is 269 g/mol. The van der Waals surface area contributed by atoms with E-state index < -0.39 is 16.0 Å². The first kappa shape index (κ1) is 14.4. The second kappa shape index (κ2) is 6.32. The summed E-state index contributed by atoms with van der Waals surface area (Å²) in [6.45, 7) is -0.0448. The van der Waals surface area contributed by atoms with Crippen LogP contribution in [0.2, 0.25) is 0 Å². The lowest BCUT2D eigenvalue weighted by Crippen LogP contribution is -2.27. The van der Waals surface area contributed by atoms with Crippen LogP contribution in [0.4, 0.5) is 0 Å². The summed E-state index contributed by atoms with van der Waals surface area (Å²) in [5.41, 5.74) is 0.771. The first-order chi connectivity index (χ1) is 8.42. The third-order valence-electron chi connectivity index (χ3n) is 2.31. The quantitative estimate of drug-likeness (QED) is 0.847. The molecule has 98 valence electrons. The molecule has 0 atom stereocenters. The van der Waals surface area contributed by atoms with Gasteiger partial charge in [-0.25, -0.2) is 12.7 Å². The molecule has 5 nitrogen and oxygen atoms in total. The summed E-state index contributed by atoms with van der Waals surface area (Å²) < 4.78 is 24.5. The van der Waals surface area contributed by atoms with Crippen molar-refractivity contribution in [1.82, 2.24) is 4.31 Å². The van der Waals surface area contributed by atoms with Crippen LogP contribution in [-0.4, -0.2) is 37.4 Å². The van der Waals surface area contributed by atoms with Crippen LogP contribution in [0.25, 0.3) is 6.08 Å². The maximum Gasteiger partial charge on any atom is 0.304 e. The minimum absolute atomic E-state index is 0.0448. The minimum atomic E-state index is -3.56. The van der Waals surface area contributed by atoms with Crippen molar-refractivity contribution in [2.45, 2.75) is 6.42 Å². The Morgan fingerprint density at radius 3 is 2.50 bits per heavy atom. The lowest BCUT2D eigenvalue weighted by atomic mass is 10.2. The number of aliphatic carboxylic acids is 1. The summed E-state index contributed by atoms with van der Waals surface area (Å²) >= 11 is 0. The molecule has 0 saturated heterocycles. The van der Waals surface area contributed by atoms with Gasteiger partial charge >= 0.3 is 5.97 Å². The van der Waals surface area contributed by atoms with Crippen molar-refractivity contribution in [3.8, 4) is 0 Å². The molecule has 0 saturated carbocycles. The number of carbonyl (C=O) groups is 1.